The summed E-state index contributed by atoms with van der Waals surface area (Å²) in [5.74, 6) is 0.198. The lowest BCUT2D eigenvalue weighted by molar-refractivity contribution is -0.134. The Hall–Kier alpha value is -2.48. The van der Waals surface area contributed by atoms with Crippen molar-refractivity contribution < 1.29 is 4.79 Å². The zero-order chi connectivity index (χ0) is 24.0. The van der Waals surface area contributed by atoms with E-state index in [1.54, 1.807) is 6.07 Å². The van der Waals surface area contributed by atoms with E-state index in [0.29, 0.717) is 16.6 Å². The van der Waals surface area contributed by atoms with Crippen LogP contribution < -0.4 is 5.32 Å². The van der Waals surface area contributed by atoms with Crippen LogP contribution in [0.3, 0.4) is 0 Å². The zero-order valence-corrected chi connectivity index (χ0v) is 21.1. The predicted octanol–water partition coefficient (Wildman–Crippen LogP) is 4.81. The van der Waals surface area contributed by atoms with Crippen LogP contribution in [0.1, 0.15) is 56.1 Å². The Morgan fingerprint density at radius 2 is 2.12 bits per heavy atom. The highest BCUT2D eigenvalue weighted by Crippen LogP contribution is 2.32. The molecule has 178 valence electrons. The van der Waals surface area contributed by atoms with Crippen molar-refractivity contribution >= 4 is 45.8 Å². The van der Waals surface area contributed by atoms with Crippen molar-refractivity contribution in [1.29, 1.82) is 0 Å². The van der Waals surface area contributed by atoms with Gasteiger partial charge in [-0.15, -0.1) is 0 Å². The summed E-state index contributed by atoms with van der Waals surface area (Å²) in [5.41, 5.74) is 5.15. The molecule has 0 spiro atoms. The second kappa shape index (κ2) is 9.29. The highest BCUT2D eigenvalue weighted by Gasteiger charge is 2.31. The largest absolute Gasteiger partial charge is 0.335 e. The van der Waals surface area contributed by atoms with Crippen molar-refractivity contribution in [1.82, 2.24) is 30.0 Å². The average molecular weight is 499 g/mol. The molecule has 3 aromatic rings. The molecule has 7 nitrogen and oxygen atoms in total. The van der Waals surface area contributed by atoms with Crippen molar-refractivity contribution in [3.63, 3.8) is 0 Å². The summed E-state index contributed by atoms with van der Waals surface area (Å²) in [6, 6.07) is 5.31. The molecule has 2 aliphatic rings. The molecule has 1 amide bonds. The molecule has 1 aromatic carbocycles. The van der Waals surface area contributed by atoms with Crippen molar-refractivity contribution in [3.8, 4) is 0 Å². The topological polar surface area (TPSA) is 75.9 Å². The molecular formula is C25H28Cl2N6O. The van der Waals surface area contributed by atoms with Gasteiger partial charge in [-0.25, -0.2) is 14.6 Å². The molecular weight excluding hydrogens is 471 g/mol. The van der Waals surface area contributed by atoms with Gasteiger partial charge in [0.05, 0.1) is 29.7 Å². The first kappa shape index (κ1) is 23.3. The van der Waals surface area contributed by atoms with Crippen molar-refractivity contribution in [3.05, 3.63) is 57.5 Å². The van der Waals surface area contributed by atoms with Crippen LogP contribution in [-0.4, -0.2) is 55.7 Å². The normalized spacial score (nSPS) is 21.7. The standard InChI is InChI=1S/C25H28Cl2N6O/c1-14-11-17(8-10-32(14)25(34)21-5-4-9-28-21)22-13-29-23-15(2)31-33(24(23)30-22)16(3)19-7-6-18(26)12-20(19)27/h6-7,11-14,16,21,28H,4-5,8-10H2,1-3H3/t14-,16?,21-/m1/s1. The minimum Gasteiger partial charge on any atom is -0.335 e. The van der Waals surface area contributed by atoms with Gasteiger partial charge in [-0.3, -0.25) is 4.79 Å². The summed E-state index contributed by atoms with van der Waals surface area (Å²) in [4.78, 5) is 24.6. The number of carbonyl (C=O) groups excluding carboxylic acids is 1. The molecule has 1 N–H and O–H groups in total. The van der Waals surface area contributed by atoms with Gasteiger partial charge in [0.1, 0.15) is 5.52 Å². The van der Waals surface area contributed by atoms with Crippen LogP contribution in [0.4, 0.5) is 0 Å². The zero-order valence-electron chi connectivity index (χ0n) is 19.6. The van der Waals surface area contributed by atoms with Gasteiger partial charge in [0.15, 0.2) is 5.65 Å². The molecule has 0 saturated carbocycles. The van der Waals surface area contributed by atoms with E-state index < -0.39 is 0 Å². The number of aryl methyl sites for hydroxylation is 1. The third-order valence-electron chi connectivity index (χ3n) is 6.88. The SMILES string of the molecule is Cc1nn(C(C)c2ccc(Cl)cc2Cl)c2nc(C3=C[C@@H](C)N(C(=O)[C@H]4CCCN4)CC3)cnc12. The van der Waals surface area contributed by atoms with Gasteiger partial charge < -0.3 is 10.2 Å². The molecule has 0 radical (unpaired) electrons. The lowest BCUT2D eigenvalue weighted by Gasteiger charge is -2.34. The molecule has 1 fully saturated rings. The van der Waals surface area contributed by atoms with Crippen LogP contribution in [-0.2, 0) is 4.79 Å². The van der Waals surface area contributed by atoms with Crippen LogP contribution in [0.25, 0.3) is 16.7 Å². The Kier molecular flexibility index (Phi) is 6.35. The maximum atomic E-state index is 12.9. The van der Waals surface area contributed by atoms with Gasteiger partial charge in [-0.1, -0.05) is 35.3 Å². The van der Waals surface area contributed by atoms with E-state index in [-0.39, 0.29) is 24.0 Å². The number of hydrogen-bond donors (Lipinski definition) is 1. The number of carbonyl (C=O) groups is 1. The van der Waals surface area contributed by atoms with E-state index in [2.05, 4.69) is 18.3 Å². The van der Waals surface area contributed by atoms with Crippen molar-refractivity contribution in [2.45, 2.75) is 58.2 Å². The first-order valence-corrected chi connectivity index (χ1v) is 12.5. The maximum absolute atomic E-state index is 12.9. The summed E-state index contributed by atoms with van der Waals surface area (Å²) in [7, 11) is 0. The summed E-state index contributed by atoms with van der Waals surface area (Å²) >= 11 is 12.6. The van der Waals surface area contributed by atoms with Crippen LogP contribution in [0.5, 0.6) is 0 Å². The smallest absolute Gasteiger partial charge is 0.240 e. The predicted molar refractivity (Wildman–Crippen MR) is 135 cm³/mol. The van der Waals surface area contributed by atoms with E-state index in [0.717, 1.165) is 59.5 Å². The molecule has 34 heavy (non-hydrogen) atoms. The van der Waals surface area contributed by atoms with Gasteiger partial charge in [0, 0.05) is 22.6 Å². The first-order chi connectivity index (χ1) is 16.3. The molecule has 5 rings (SSSR count). The number of benzene rings is 1. The third-order valence-corrected chi connectivity index (χ3v) is 7.44. The Labute approximate surface area is 209 Å². The number of aromatic nitrogens is 4. The van der Waals surface area contributed by atoms with Crippen LogP contribution >= 0.6 is 23.2 Å². The molecule has 1 saturated heterocycles. The van der Waals surface area contributed by atoms with Gasteiger partial charge in [-0.05, 0) is 69.8 Å². The van der Waals surface area contributed by atoms with Crippen LogP contribution in [0.15, 0.2) is 30.5 Å². The number of rotatable bonds is 4. The summed E-state index contributed by atoms with van der Waals surface area (Å²) in [6.45, 7) is 7.64. The van der Waals surface area contributed by atoms with E-state index in [4.69, 9.17) is 38.3 Å². The number of amides is 1. The van der Waals surface area contributed by atoms with E-state index in [1.807, 2.05) is 41.8 Å². The second-order valence-electron chi connectivity index (χ2n) is 9.16. The maximum Gasteiger partial charge on any atom is 0.240 e. The average Bonchev–Trinajstić information content (AvgIpc) is 3.46. The highest BCUT2D eigenvalue weighted by atomic mass is 35.5. The Balaban J connectivity index is 1.46. The monoisotopic (exact) mass is 498 g/mol. The van der Waals surface area contributed by atoms with E-state index in [1.165, 1.54) is 0 Å². The number of nitrogens with one attached hydrogen (secondary N) is 1. The minimum absolute atomic E-state index is 0.00888. The molecule has 1 unspecified atom stereocenters. The minimum atomic E-state index is -0.142. The second-order valence-corrected chi connectivity index (χ2v) is 10.0. The molecule has 4 heterocycles. The highest BCUT2D eigenvalue weighted by molar-refractivity contribution is 6.35. The molecule has 0 bridgehead atoms. The molecule has 2 aliphatic heterocycles. The lowest BCUT2D eigenvalue weighted by Crippen LogP contribution is -2.48. The fourth-order valence-corrected chi connectivity index (χ4v) is 5.54. The van der Waals surface area contributed by atoms with E-state index >= 15 is 0 Å². The van der Waals surface area contributed by atoms with Crippen molar-refractivity contribution in [2.24, 2.45) is 0 Å². The van der Waals surface area contributed by atoms with E-state index in [9.17, 15) is 4.79 Å². The summed E-state index contributed by atoms with van der Waals surface area (Å²) in [5, 5.41) is 9.24. The first-order valence-electron chi connectivity index (χ1n) is 11.7. The third kappa shape index (κ3) is 4.21. The van der Waals surface area contributed by atoms with Gasteiger partial charge >= 0.3 is 0 Å². The number of fused-ring (bicyclic) bond motifs is 1. The molecule has 3 atom stereocenters. The number of hydrogen-bond acceptors (Lipinski definition) is 5. The fraction of sp³-hybridized carbons (Fsp3) is 0.440. The van der Waals surface area contributed by atoms with Crippen LogP contribution in [0, 0.1) is 6.92 Å². The Morgan fingerprint density at radius 1 is 1.29 bits per heavy atom. The molecule has 0 aliphatic carbocycles. The van der Waals surface area contributed by atoms with Gasteiger partial charge in [-0.2, -0.15) is 5.10 Å². The number of halogens is 2. The van der Waals surface area contributed by atoms with Crippen LogP contribution in [0.2, 0.25) is 10.0 Å². The van der Waals surface area contributed by atoms with Gasteiger partial charge in [0.25, 0.3) is 0 Å². The number of nitrogens with zero attached hydrogens (tertiary/aromatic N) is 5. The molecule has 9 heteroatoms. The summed E-state index contributed by atoms with van der Waals surface area (Å²) < 4.78 is 1.88. The lowest BCUT2D eigenvalue weighted by atomic mass is 9.99. The van der Waals surface area contributed by atoms with Crippen molar-refractivity contribution in [2.75, 3.05) is 13.1 Å². The summed E-state index contributed by atoms with van der Waals surface area (Å²) in [6.07, 6.45) is 6.67. The molecule has 2 aromatic heterocycles. The Bertz CT molecular complexity index is 1280. The van der Waals surface area contributed by atoms with Gasteiger partial charge in [0.2, 0.25) is 5.91 Å². The quantitative estimate of drug-likeness (QED) is 0.558. The fourth-order valence-electron chi connectivity index (χ4n) is 4.98. The Morgan fingerprint density at radius 3 is 2.82 bits per heavy atom.